The minimum atomic E-state index is -1.09. The molecule has 0 spiro atoms. The fraction of sp³-hybridized carbons (Fsp3) is 0.316. The molecule has 1 amide bonds. The average molecular weight is 358 g/mol. The van der Waals surface area contributed by atoms with Crippen LogP contribution in [0.3, 0.4) is 0 Å². The van der Waals surface area contributed by atoms with Crippen molar-refractivity contribution in [2.75, 3.05) is 0 Å². The van der Waals surface area contributed by atoms with Gasteiger partial charge in [-0.3, -0.25) is 4.79 Å². The van der Waals surface area contributed by atoms with Crippen molar-refractivity contribution in [3.05, 3.63) is 58.7 Å². The van der Waals surface area contributed by atoms with Crippen LogP contribution in [0.2, 0.25) is 0 Å². The first kappa shape index (κ1) is 17.8. The van der Waals surface area contributed by atoms with Crippen molar-refractivity contribution in [2.45, 2.75) is 38.8 Å². The van der Waals surface area contributed by atoms with Gasteiger partial charge in [0.25, 0.3) is 5.91 Å². The zero-order valence-electron chi connectivity index (χ0n) is 14.7. The second-order valence-corrected chi connectivity index (χ2v) is 6.91. The first-order valence-electron chi connectivity index (χ1n) is 8.16. The Morgan fingerprint density at radius 3 is 2.69 bits per heavy atom. The van der Waals surface area contributed by atoms with Crippen molar-refractivity contribution < 1.29 is 23.8 Å². The lowest BCUT2D eigenvalue weighted by atomic mass is 9.89. The number of ether oxygens (including phenoxy) is 1. The van der Waals surface area contributed by atoms with Gasteiger partial charge in [0.1, 0.15) is 22.9 Å². The lowest BCUT2D eigenvalue weighted by Gasteiger charge is -2.37. The van der Waals surface area contributed by atoms with Crippen LogP contribution in [0.1, 0.15) is 58.4 Å². The predicted octanol–water partition coefficient (Wildman–Crippen LogP) is 3.26. The summed E-state index contributed by atoms with van der Waals surface area (Å²) >= 11 is 0. The van der Waals surface area contributed by atoms with Gasteiger partial charge in [0.15, 0.2) is 0 Å². The molecule has 136 valence electrons. The first-order chi connectivity index (χ1) is 12.2. The van der Waals surface area contributed by atoms with E-state index in [9.17, 15) is 14.0 Å². The summed E-state index contributed by atoms with van der Waals surface area (Å²) in [5.74, 6) is -1.53. The number of carboxylic acid groups (broad SMARTS) is 1. The first-order valence-corrected chi connectivity index (χ1v) is 8.16. The van der Waals surface area contributed by atoms with Crippen molar-refractivity contribution in [3.8, 4) is 5.75 Å². The number of carboxylic acids is 1. The topological polar surface area (TPSA) is 88.5 Å². The maximum Gasteiger partial charge on any atom is 0.337 e. The number of halogens is 1. The fourth-order valence-electron chi connectivity index (χ4n) is 3.10. The van der Waals surface area contributed by atoms with Crippen LogP contribution < -0.4 is 10.1 Å². The zero-order valence-corrected chi connectivity index (χ0v) is 14.7. The summed E-state index contributed by atoms with van der Waals surface area (Å²) in [5, 5.41) is 12.0. The molecule has 1 aromatic carbocycles. The van der Waals surface area contributed by atoms with Gasteiger partial charge >= 0.3 is 5.97 Å². The van der Waals surface area contributed by atoms with E-state index < -0.39 is 23.3 Å². The largest absolute Gasteiger partial charge is 0.487 e. The van der Waals surface area contributed by atoms with Crippen LogP contribution in [0.5, 0.6) is 5.75 Å². The number of pyridine rings is 1. The Balaban J connectivity index is 1.88. The Labute approximate surface area is 150 Å². The molecule has 2 N–H and O–H groups in total. The third-order valence-electron chi connectivity index (χ3n) is 4.29. The number of amides is 1. The molecule has 2 aromatic rings. The smallest absolute Gasteiger partial charge is 0.337 e. The average Bonchev–Trinajstić information content (AvgIpc) is 2.52. The number of carbonyl (C=O) groups excluding carboxylic acids is 1. The highest BCUT2D eigenvalue weighted by molar-refractivity contribution is 5.94. The van der Waals surface area contributed by atoms with Gasteiger partial charge in [0, 0.05) is 18.1 Å². The Morgan fingerprint density at radius 2 is 2.04 bits per heavy atom. The van der Waals surface area contributed by atoms with E-state index in [-0.39, 0.29) is 23.0 Å². The quantitative estimate of drug-likeness (QED) is 0.879. The fourth-order valence-corrected chi connectivity index (χ4v) is 3.10. The maximum absolute atomic E-state index is 13.5. The highest BCUT2D eigenvalue weighted by Crippen LogP contribution is 2.39. The Morgan fingerprint density at radius 1 is 1.31 bits per heavy atom. The number of aryl methyl sites for hydroxylation is 1. The third kappa shape index (κ3) is 3.51. The minimum Gasteiger partial charge on any atom is -0.487 e. The zero-order chi connectivity index (χ0) is 19.1. The number of hydrogen-bond acceptors (Lipinski definition) is 4. The summed E-state index contributed by atoms with van der Waals surface area (Å²) in [5.41, 5.74) is 0.558. The van der Waals surface area contributed by atoms with E-state index in [4.69, 9.17) is 9.84 Å². The molecule has 1 unspecified atom stereocenters. The lowest BCUT2D eigenvalue weighted by Crippen LogP contribution is -2.41. The second-order valence-electron chi connectivity index (χ2n) is 6.91. The number of fused-ring (bicyclic) bond motifs is 1. The molecule has 2 heterocycles. The molecule has 1 atom stereocenters. The van der Waals surface area contributed by atoms with Gasteiger partial charge in [-0.05, 0) is 39.0 Å². The van der Waals surface area contributed by atoms with Crippen molar-refractivity contribution in [2.24, 2.45) is 0 Å². The van der Waals surface area contributed by atoms with Crippen LogP contribution in [0.4, 0.5) is 4.39 Å². The van der Waals surface area contributed by atoms with Crippen molar-refractivity contribution in [1.82, 2.24) is 10.3 Å². The number of benzene rings is 1. The second kappa shape index (κ2) is 6.40. The SMILES string of the molecule is Cc1nc(C(=O)NC2CC(C)(C)Oc3cc(F)ccc32)ccc1C(=O)O. The van der Waals surface area contributed by atoms with Crippen molar-refractivity contribution in [3.63, 3.8) is 0 Å². The van der Waals surface area contributed by atoms with Crippen molar-refractivity contribution in [1.29, 1.82) is 0 Å². The molecule has 26 heavy (non-hydrogen) atoms. The van der Waals surface area contributed by atoms with Gasteiger partial charge < -0.3 is 15.2 Å². The molecule has 0 radical (unpaired) electrons. The monoisotopic (exact) mass is 358 g/mol. The number of aromatic nitrogens is 1. The highest BCUT2D eigenvalue weighted by Gasteiger charge is 2.35. The van der Waals surface area contributed by atoms with Crippen molar-refractivity contribution >= 4 is 11.9 Å². The van der Waals surface area contributed by atoms with Crippen LogP contribution in [0.15, 0.2) is 30.3 Å². The van der Waals surface area contributed by atoms with E-state index >= 15 is 0 Å². The summed E-state index contributed by atoms with van der Waals surface area (Å²) in [6.07, 6.45) is 0.504. The molecule has 6 nitrogen and oxygen atoms in total. The van der Waals surface area contributed by atoms with E-state index in [0.29, 0.717) is 17.7 Å². The molecular formula is C19H19FN2O4. The predicted molar refractivity (Wildman–Crippen MR) is 91.9 cm³/mol. The number of nitrogens with zero attached hydrogens (tertiary/aromatic N) is 1. The molecular weight excluding hydrogens is 339 g/mol. The van der Waals surface area contributed by atoms with Crippen LogP contribution in [-0.4, -0.2) is 27.6 Å². The van der Waals surface area contributed by atoms with Crippen LogP contribution in [0, 0.1) is 12.7 Å². The Bertz CT molecular complexity index is 895. The number of rotatable bonds is 3. The normalized spacial score (nSPS) is 17.8. The highest BCUT2D eigenvalue weighted by atomic mass is 19.1. The van der Waals surface area contributed by atoms with Gasteiger partial charge in [-0.2, -0.15) is 0 Å². The number of carbonyl (C=O) groups is 2. The molecule has 0 saturated heterocycles. The summed E-state index contributed by atoms with van der Waals surface area (Å²) in [4.78, 5) is 27.8. The molecule has 1 aliphatic rings. The van der Waals surface area contributed by atoms with E-state index in [1.165, 1.54) is 31.2 Å². The summed E-state index contributed by atoms with van der Waals surface area (Å²) < 4.78 is 19.3. The summed E-state index contributed by atoms with van der Waals surface area (Å²) in [6.45, 7) is 5.27. The van der Waals surface area contributed by atoms with E-state index in [2.05, 4.69) is 10.3 Å². The summed E-state index contributed by atoms with van der Waals surface area (Å²) in [7, 11) is 0. The number of aromatic carboxylic acids is 1. The van der Waals surface area contributed by atoms with E-state index in [1.54, 1.807) is 6.07 Å². The van der Waals surface area contributed by atoms with Gasteiger partial charge in [-0.25, -0.2) is 14.2 Å². The van der Waals surface area contributed by atoms with Crippen LogP contribution >= 0.6 is 0 Å². The Kier molecular flexibility index (Phi) is 4.39. The van der Waals surface area contributed by atoms with E-state index in [1.807, 2.05) is 13.8 Å². The summed E-state index contributed by atoms with van der Waals surface area (Å²) in [6, 6.07) is 6.59. The molecule has 1 aromatic heterocycles. The van der Waals surface area contributed by atoms with Crippen LogP contribution in [0.25, 0.3) is 0 Å². The minimum absolute atomic E-state index is 0.0505. The molecule has 3 rings (SSSR count). The number of nitrogens with one attached hydrogen (secondary N) is 1. The molecule has 0 saturated carbocycles. The maximum atomic E-state index is 13.5. The van der Waals surface area contributed by atoms with Gasteiger partial charge in [-0.15, -0.1) is 0 Å². The molecule has 0 fully saturated rings. The molecule has 7 heteroatoms. The van der Waals surface area contributed by atoms with Gasteiger partial charge in [-0.1, -0.05) is 6.07 Å². The standard InChI is InChI=1S/C19H19FN2O4/c1-10-12(18(24)25)6-7-14(21-10)17(23)22-15-9-19(2,3)26-16-8-11(20)4-5-13(15)16/h4-8,15H,9H2,1-3H3,(H,22,23)(H,24,25). The van der Waals surface area contributed by atoms with Gasteiger partial charge in [0.05, 0.1) is 17.3 Å². The number of hydrogen-bond donors (Lipinski definition) is 2. The Hall–Kier alpha value is -2.96. The lowest BCUT2D eigenvalue weighted by molar-refractivity contribution is 0.0612. The molecule has 1 aliphatic heterocycles. The molecule has 0 bridgehead atoms. The van der Waals surface area contributed by atoms with Gasteiger partial charge in [0.2, 0.25) is 0 Å². The molecule has 0 aliphatic carbocycles. The third-order valence-corrected chi connectivity index (χ3v) is 4.29. The van der Waals surface area contributed by atoms with Crippen LogP contribution in [-0.2, 0) is 0 Å². The van der Waals surface area contributed by atoms with E-state index in [0.717, 1.165) is 0 Å².